The molecule has 0 radical (unpaired) electrons. The molecule has 2 aliphatic heterocycles. The fourth-order valence-corrected chi connectivity index (χ4v) is 4.30. The highest BCUT2D eigenvalue weighted by molar-refractivity contribution is 5.80. The number of nitrogens with one attached hydrogen (secondary N) is 1. The van der Waals surface area contributed by atoms with Gasteiger partial charge in [0.2, 0.25) is 11.8 Å². The molecule has 1 saturated carbocycles. The van der Waals surface area contributed by atoms with Crippen LogP contribution >= 0.6 is 0 Å². The monoisotopic (exact) mass is 343 g/mol. The second-order valence-electron chi connectivity index (χ2n) is 7.25. The van der Waals surface area contributed by atoms with Gasteiger partial charge in [0, 0.05) is 31.5 Å². The van der Waals surface area contributed by atoms with Crippen LogP contribution < -0.4 is 5.32 Å². The smallest absolute Gasteiger partial charge is 0.300 e. The molecule has 0 aromatic heterocycles. The maximum Gasteiger partial charge on any atom is 0.300 e. The molecule has 0 bridgehead atoms. The molecule has 7 heteroatoms. The number of amides is 2. The van der Waals surface area contributed by atoms with Crippen LogP contribution in [-0.4, -0.2) is 59.5 Å². The van der Waals surface area contributed by atoms with Crippen molar-refractivity contribution in [3.8, 4) is 6.07 Å². The third-order valence-electron chi connectivity index (χ3n) is 5.70. The highest BCUT2D eigenvalue weighted by atomic mass is 16.2. The van der Waals surface area contributed by atoms with Crippen molar-refractivity contribution in [2.75, 3.05) is 19.6 Å². The lowest BCUT2D eigenvalue weighted by Gasteiger charge is -2.22. The number of hydrogen-bond acceptors (Lipinski definition) is 4. The van der Waals surface area contributed by atoms with Gasteiger partial charge in [-0.2, -0.15) is 5.26 Å². The van der Waals surface area contributed by atoms with E-state index in [0.29, 0.717) is 13.1 Å². The van der Waals surface area contributed by atoms with E-state index in [1.54, 1.807) is 9.80 Å². The van der Waals surface area contributed by atoms with E-state index in [4.69, 9.17) is 11.8 Å². The highest BCUT2D eigenvalue weighted by Gasteiger charge is 2.39. The fraction of sp³-hybridized carbons (Fsp3) is 0.778. The molecule has 2 saturated heterocycles. The predicted octanol–water partition coefficient (Wildman–Crippen LogP) is 1.13. The van der Waals surface area contributed by atoms with Crippen LogP contribution in [0.4, 0.5) is 0 Å². The van der Waals surface area contributed by atoms with Crippen molar-refractivity contribution >= 4 is 11.8 Å². The number of nitrogens with zero attached hydrogens (tertiary/aromatic N) is 4. The molecule has 2 amide bonds. The molecule has 25 heavy (non-hydrogen) atoms. The highest BCUT2D eigenvalue weighted by Crippen LogP contribution is 2.30. The summed E-state index contributed by atoms with van der Waals surface area (Å²) >= 11 is 0. The summed E-state index contributed by atoms with van der Waals surface area (Å²) in [5.41, 5.74) is 0. The number of nitriles is 1. The Kier molecular flexibility index (Phi) is 5.55. The standard InChI is InChI=1S/C18H25N5O2/c1-20-16-5-3-9-23(16)18(25)13-6-7-14(10-13)21-12-17(24)22-8-2-4-15(22)11-19/h13-16,21H,2-10,12H2/t13?,14?,15-,16-/m0/s1. The lowest BCUT2D eigenvalue weighted by Crippen LogP contribution is -2.43. The Morgan fingerprint density at radius 3 is 2.68 bits per heavy atom. The molecule has 7 nitrogen and oxygen atoms in total. The maximum atomic E-state index is 12.6. The average molecular weight is 343 g/mol. The van der Waals surface area contributed by atoms with Gasteiger partial charge in [-0.1, -0.05) is 0 Å². The van der Waals surface area contributed by atoms with Gasteiger partial charge in [-0.25, -0.2) is 6.57 Å². The third-order valence-corrected chi connectivity index (χ3v) is 5.70. The van der Waals surface area contributed by atoms with Gasteiger partial charge in [0.25, 0.3) is 0 Å². The topological polar surface area (TPSA) is 80.8 Å². The van der Waals surface area contributed by atoms with Crippen LogP contribution in [0.25, 0.3) is 4.85 Å². The maximum absolute atomic E-state index is 12.6. The third kappa shape index (κ3) is 3.77. The van der Waals surface area contributed by atoms with Gasteiger partial charge in [-0.3, -0.25) is 19.3 Å². The van der Waals surface area contributed by atoms with Crippen molar-refractivity contribution in [1.29, 1.82) is 5.26 Å². The Hall–Kier alpha value is -2.12. The van der Waals surface area contributed by atoms with Gasteiger partial charge in [-0.05, 0) is 38.5 Å². The Morgan fingerprint density at radius 1 is 1.16 bits per heavy atom. The molecule has 4 atom stereocenters. The van der Waals surface area contributed by atoms with Crippen molar-refractivity contribution in [3.05, 3.63) is 11.4 Å². The number of carbonyl (C=O) groups is 2. The number of rotatable bonds is 4. The Balaban J connectivity index is 1.45. The van der Waals surface area contributed by atoms with E-state index in [9.17, 15) is 9.59 Å². The molecule has 3 aliphatic rings. The quantitative estimate of drug-likeness (QED) is 0.776. The van der Waals surface area contributed by atoms with Crippen molar-refractivity contribution in [2.24, 2.45) is 5.92 Å². The van der Waals surface area contributed by atoms with E-state index < -0.39 is 0 Å². The van der Waals surface area contributed by atoms with Crippen LogP contribution in [0.2, 0.25) is 0 Å². The van der Waals surface area contributed by atoms with E-state index in [0.717, 1.165) is 44.9 Å². The van der Waals surface area contributed by atoms with Gasteiger partial charge in [0.15, 0.2) is 0 Å². The molecule has 0 spiro atoms. The molecule has 3 rings (SSSR count). The average Bonchev–Trinajstić information content (AvgIpc) is 3.38. The summed E-state index contributed by atoms with van der Waals surface area (Å²) in [7, 11) is 0. The minimum atomic E-state index is -0.284. The summed E-state index contributed by atoms with van der Waals surface area (Å²) < 4.78 is 0. The summed E-state index contributed by atoms with van der Waals surface area (Å²) in [5.74, 6) is 0.0539. The summed E-state index contributed by atoms with van der Waals surface area (Å²) in [6, 6.07) is 2.07. The van der Waals surface area contributed by atoms with Crippen LogP contribution in [0.15, 0.2) is 0 Å². The number of likely N-dealkylation sites (tertiary alicyclic amines) is 2. The van der Waals surface area contributed by atoms with Crippen molar-refractivity contribution in [3.63, 3.8) is 0 Å². The molecule has 0 aromatic rings. The summed E-state index contributed by atoms with van der Waals surface area (Å²) in [4.78, 5) is 31.9. The van der Waals surface area contributed by atoms with Crippen molar-refractivity contribution in [2.45, 2.75) is 63.2 Å². The molecule has 2 heterocycles. The molecular formula is C18H25N5O2. The van der Waals surface area contributed by atoms with Gasteiger partial charge in [0.1, 0.15) is 6.04 Å². The first kappa shape index (κ1) is 17.7. The second-order valence-corrected chi connectivity index (χ2v) is 7.25. The van der Waals surface area contributed by atoms with Crippen LogP contribution in [0.5, 0.6) is 0 Å². The van der Waals surface area contributed by atoms with Gasteiger partial charge in [0.05, 0.1) is 12.6 Å². The van der Waals surface area contributed by atoms with E-state index >= 15 is 0 Å². The van der Waals surface area contributed by atoms with Crippen molar-refractivity contribution < 1.29 is 9.59 Å². The van der Waals surface area contributed by atoms with Crippen molar-refractivity contribution in [1.82, 2.24) is 15.1 Å². The lowest BCUT2D eigenvalue weighted by atomic mass is 10.1. The van der Waals surface area contributed by atoms with E-state index in [-0.39, 0.29) is 42.5 Å². The Bertz CT molecular complexity index is 608. The number of hydrogen-bond donors (Lipinski definition) is 1. The second kappa shape index (κ2) is 7.84. The van der Waals surface area contributed by atoms with Crippen LogP contribution in [0, 0.1) is 23.8 Å². The van der Waals surface area contributed by atoms with Crippen LogP contribution in [0.3, 0.4) is 0 Å². The van der Waals surface area contributed by atoms with E-state index in [2.05, 4.69) is 16.2 Å². The SMILES string of the molecule is [C-]#[N+][C@@H]1CCCN1C(=O)C1CCC(NCC(=O)N2CCC[C@H]2C#N)C1. The van der Waals surface area contributed by atoms with Gasteiger partial charge < -0.3 is 10.2 Å². The van der Waals surface area contributed by atoms with E-state index in [1.165, 1.54) is 0 Å². The first-order valence-corrected chi connectivity index (χ1v) is 9.23. The predicted molar refractivity (Wildman–Crippen MR) is 90.8 cm³/mol. The number of carbonyl (C=O) groups excluding carboxylic acids is 2. The largest absolute Gasteiger partial charge is 0.326 e. The Morgan fingerprint density at radius 2 is 1.92 bits per heavy atom. The zero-order valence-corrected chi connectivity index (χ0v) is 14.5. The molecule has 3 fully saturated rings. The lowest BCUT2D eigenvalue weighted by molar-refractivity contribution is -0.135. The molecule has 134 valence electrons. The normalized spacial score (nSPS) is 31.8. The summed E-state index contributed by atoms with van der Waals surface area (Å²) in [6.07, 6.45) is 5.50. The first-order chi connectivity index (χ1) is 12.1. The van der Waals surface area contributed by atoms with Gasteiger partial charge in [-0.15, -0.1) is 0 Å². The zero-order chi connectivity index (χ0) is 17.8. The van der Waals surface area contributed by atoms with Gasteiger partial charge >= 0.3 is 6.17 Å². The first-order valence-electron chi connectivity index (χ1n) is 9.23. The summed E-state index contributed by atoms with van der Waals surface area (Å²) in [6.45, 7) is 8.81. The Labute approximate surface area is 148 Å². The molecular weight excluding hydrogens is 318 g/mol. The minimum absolute atomic E-state index is 0.0218. The van der Waals surface area contributed by atoms with Crippen LogP contribution in [-0.2, 0) is 9.59 Å². The summed E-state index contributed by atoms with van der Waals surface area (Å²) in [5, 5.41) is 12.4. The zero-order valence-electron chi connectivity index (χ0n) is 14.5. The molecule has 0 aromatic carbocycles. The minimum Gasteiger partial charge on any atom is -0.326 e. The van der Waals surface area contributed by atoms with E-state index in [1.807, 2.05) is 0 Å². The molecule has 1 aliphatic carbocycles. The molecule has 1 N–H and O–H groups in total. The fourth-order valence-electron chi connectivity index (χ4n) is 4.30. The molecule has 2 unspecified atom stereocenters. The van der Waals surface area contributed by atoms with Crippen LogP contribution in [0.1, 0.15) is 44.9 Å².